The lowest BCUT2D eigenvalue weighted by molar-refractivity contribution is -0.154. The molecular formula is C28H42ClFN4O3. The highest BCUT2D eigenvalue weighted by Crippen LogP contribution is 2.29. The van der Waals surface area contributed by atoms with Crippen LogP contribution in [0.5, 0.6) is 0 Å². The zero-order valence-electron chi connectivity index (χ0n) is 23.3. The summed E-state index contributed by atoms with van der Waals surface area (Å²) in [6.45, 7) is 13.5. The number of rotatable bonds is 9. The predicted molar refractivity (Wildman–Crippen MR) is 146 cm³/mol. The minimum atomic E-state index is -0.511. The number of amides is 1. The van der Waals surface area contributed by atoms with Crippen molar-refractivity contribution in [3.63, 3.8) is 0 Å². The number of carbonyl (C=O) groups excluding carboxylic acids is 2. The molecule has 0 bridgehead atoms. The summed E-state index contributed by atoms with van der Waals surface area (Å²) in [7, 11) is 1.98. The molecule has 0 fully saturated rings. The lowest BCUT2D eigenvalue weighted by atomic mass is 10.0. The maximum atomic E-state index is 14.7. The van der Waals surface area contributed by atoms with Crippen LogP contribution in [-0.2, 0) is 22.6 Å². The lowest BCUT2D eigenvalue weighted by Gasteiger charge is -2.26. The highest BCUT2D eigenvalue weighted by atomic mass is 35.5. The second-order valence-corrected chi connectivity index (χ2v) is 10.6. The van der Waals surface area contributed by atoms with E-state index in [4.69, 9.17) is 16.3 Å². The Hall–Kier alpha value is -2.45. The summed E-state index contributed by atoms with van der Waals surface area (Å²) in [6.07, 6.45) is 3.26. The van der Waals surface area contributed by atoms with Crippen LogP contribution in [0.25, 0.3) is 11.4 Å². The Labute approximate surface area is 225 Å². The van der Waals surface area contributed by atoms with Crippen molar-refractivity contribution in [1.82, 2.24) is 19.8 Å². The van der Waals surface area contributed by atoms with Crippen LogP contribution in [0.1, 0.15) is 89.8 Å². The first-order chi connectivity index (χ1) is 17.5. The summed E-state index contributed by atoms with van der Waals surface area (Å²) in [5.74, 6) is -0.549. The summed E-state index contributed by atoms with van der Waals surface area (Å²) < 4.78 is 22.0. The van der Waals surface area contributed by atoms with Gasteiger partial charge in [0.15, 0.2) is 5.69 Å². The van der Waals surface area contributed by atoms with E-state index in [-0.39, 0.29) is 17.9 Å². The van der Waals surface area contributed by atoms with E-state index < -0.39 is 11.4 Å². The van der Waals surface area contributed by atoms with Gasteiger partial charge in [-0.05, 0) is 65.3 Å². The largest absolute Gasteiger partial charge is 0.460 e. The molecule has 0 aliphatic carbocycles. The first-order valence-electron chi connectivity index (χ1n) is 13.2. The van der Waals surface area contributed by atoms with Crippen LogP contribution < -0.4 is 5.32 Å². The van der Waals surface area contributed by atoms with E-state index in [1.807, 2.05) is 46.2 Å². The van der Waals surface area contributed by atoms with E-state index >= 15 is 0 Å². The van der Waals surface area contributed by atoms with Crippen LogP contribution in [0.15, 0.2) is 18.2 Å². The molecule has 0 radical (unpaired) electrons. The van der Waals surface area contributed by atoms with Crippen LogP contribution in [0, 0.1) is 5.82 Å². The molecule has 37 heavy (non-hydrogen) atoms. The second kappa shape index (κ2) is 13.9. The van der Waals surface area contributed by atoms with Crippen molar-refractivity contribution in [2.45, 2.75) is 98.4 Å². The summed E-state index contributed by atoms with van der Waals surface area (Å²) >= 11 is 5.94. The van der Waals surface area contributed by atoms with Crippen molar-refractivity contribution in [2.24, 2.45) is 0 Å². The molecule has 0 saturated carbocycles. The van der Waals surface area contributed by atoms with Gasteiger partial charge < -0.3 is 14.6 Å². The lowest BCUT2D eigenvalue weighted by Crippen LogP contribution is -2.37. The van der Waals surface area contributed by atoms with Gasteiger partial charge in [-0.3, -0.25) is 14.5 Å². The molecule has 1 aliphatic heterocycles. The molecule has 0 spiro atoms. The zero-order chi connectivity index (χ0) is 27.8. The summed E-state index contributed by atoms with van der Waals surface area (Å²) in [5.41, 5.74) is 0.892. The van der Waals surface area contributed by atoms with Crippen LogP contribution >= 0.6 is 11.6 Å². The Morgan fingerprint density at radius 3 is 2.54 bits per heavy atom. The number of hydrogen-bond donors (Lipinski definition) is 1. The first-order valence-corrected chi connectivity index (χ1v) is 13.6. The Balaban J connectivity index is 0.00000235. The molecule has 9 heteroatoms. The number of esters is 1. The fourth-order valence-corrected chi connectivity index (χ4v) is 4.49. The molecule has 1 aromatic carbocycles. The third-order valence-electron chi connectivity index (χ3n) is 5.91. The van der Waals surface area contributed by atoms with Gasteiger partial charge in [0.1, 0.15) is 17.2 Å². The molecule has 1 aromatic heterocycles. The van der Waals surface area contributed by atoms with E-state index in [2.05, 4.69) is 22.1 Å². The van der Waals surface area contributed by atoms with E-state index in [9.17, 15) is 14.0 Å². The summed E-state index contributed by atoms with van der Waals surface area (Å²) in [4.78, 5) is 32.1. The third-order valence-corrected chi connectivity index (χ3v) is 6.15. The second-order valence-electron chi connectivity index (χ2n) is 10.2. The normalized spacial score (nSPS) is 14.3. The average Bonchev–Trinajstić information content (AvgIpc) is 3.18. The minimum absolute atomic E-state index is 0.0932. The molecule has 1 N–H and O–H groups in total. The van der Waals surface area contributed by atoms with Crippen molar-refractivity contribution >= 4 is 23.5 Å². The number of aromatic nitrogens is 2. The SMILES string of the molecule is CC.CCCC(CCCC(=O)OC(C)(C)C)NC(=O)c1nc(-c2ccc(Cl)cc2F)n2c1CN(C)CC2. The van der Waals surface area contributed by atoms with Gasteiger partial charge in [0.05, 0.1) is 11.3 Å². The number of likely N-dealkylation sites (N-methyl/N-ethyl adjacent to an activating group) is 1. The van der Waals surface area contributed by atoms with Crippen molar-refractivity contribution in [3.8, 4) is 11.4 Å². The first kappa shape index (κ1) is 30.8. The fraction of sp³-hybridized carbons (Fsp3) is 0.607. The Morgan fingerprint density at radius 2 is 1.92 bits per heavy atom. The molecule has 2 aromatic rings. The van der Waals surface area contributed by atoms with Gasteiger partial charge in [0.2, 0.25) is 0 Å². The fourth-order valence-electron chi connectivity index (χ4n) is 4.33. The van der Waals surface area contributed by atoms with Crippen LogP contribution in [0.2, 0.25) is 5.02 Å². The molecule has 206 valence electrons. The van der Waals surface area contributed by atoms with E-state index in [0.717, 1.165) is 25.1 Å². The summed E-state index contributed by atoms with van der Waals surface area (Å²) in [5, 5.41) is 3.42. The highest BCUT2D eigenvalue weighted by molar-refractivity contribution is 6.30. The van der Waals surface area contributed by atoms with E-state index in [1.54, 1.807) is 12.1 Å². The van der Waals surface area contributed by atoms with Gasteiger partial charge in [-0.15, -0.1) is 0 Å². The average molecular weight is 537 g/mol. The van der Waals surface area contributed by atoms with E-state index in [0.29, 0.717) is 54.5 Å². The predicted octanol–water partition coefficient (Wildman–Crippen LogP) is 6.22. The number of ether oxygens (including phenoxy) is 1. The Kier molecular flexibility index (Phi) is 11.6. The number of nitrogens with one attached hydrogen (secondary N) is 1. The van der Waals surface area contributed by atoms with Crippen LogP contribution in [0.4, 0.5) is 4.39 Å². The van der Waals surface area contributed by atoms with Gasteiger partial charge in [0.25, 0.3) is 5.91 Å². The monoisotopic (exact) mass is 536 g/mol. The number of benzene rings is 1. The number of nitrogens with zero attached hydrogens (tertiary/aromatic N) is 3. The molecule has 1 atom stereocenters. The number of hydrogen-bond acceptors (Lipinski definition) is 5. The van der Waals surface area contributed by atoms with Crippen molar-refractivity contribution < 1.29 is 18.7 Å². The molecular weight excluding hydrogens is 495 g/mol. The van der Waals surface area contributed by atoms with Gasteiger partial charge in [0, 0.05) is 37.1 Å². The van der Waals surface area contributed by atoms with Crippen molar-refractivity contribution in [3.05, 3.63) is 40.4 Å². The number of imidazole rings is 1. The molecule has 1 aliphatic rings. The maximum absolute atomic E-state index is 14.7. The topological polar surface area (TPSA) is 76.5 Å². The van der Waals surface area contributed by atoms with Crippen molar-refractivity contribution in [1.29, 1.82) is 0 Å². The Morgan fingerprint density at radius 1 is 1.22 bits per heavy atom. The smallest absolute Gasteiger partial charge is 0.306 e. The number of halogens is 2. The van der Waals surface area contributed by atoms with Crippen LogP contribution in [0.3, 0.4) is 0 Å². The maximum Gasteiger partial charge on any atom is 0.306 e. The van der Waals surface area contributed by atoms with Gasteiger partial charge in [-0.1, -0.05) is 38.8 Å². The Bertz CT molecular complexity index is 1060. The van der Waals surface area contributed by atoms with Gasteiger partial charge >= 0.3 is 5.97 Å². The molecule has 1 unspecified atom stereocenters. The molecule has 3 rings (SSSR count). The summed E-state index contributed by atoms with van der Waals surface area (Å²) in [6, 6.07) is 4.39. The van der Waals surface area contributed by atoms with Gasteiger partial charge in [-0.2, -0.15) is 0 Å². The third kappa shape index (κ3) is 8.82. The number of fused-ring (bicyclic) bond motifs is 1. The minimum Gasteiger partial charge on any atom is -0.460 e. The quantitative estimate of drug-likeness (QED) is 0.385. The standard InChI is InChI=1S/C26H36ClFN4O3.C2H6/c1-6-8-18(9-7-10-22(33)35-26(2,3)4)29-25(34)23-21-16-31(5)13-14-32(21)24(30-23)19-12-11-17(27)15-20(19)28;1-2/h11-12,15,18H,6-10,13-14,16H2,1-5H3,(H,29,34);1-2H3. The van der Waals surface area contributed by atoms with Crippen LogP contribution in [-0.4, -0.2) is 51.6 Å². The zero-order valence-corrected chi connectivity index (χ0v) is 24.0. The molecule has 1 amide bonds. The highest BCUT2D eigenvalue weighted by Gasteiger charge is 2.29. The number of carbonyl (C=O) groups is 2. The molecule has 7 nitrogen and oxygen atoms in total. The van der Waals surface area contributed by atoms with E-state index in [1.165, 1.54) is 6.07 Å². The molecule has 2 heterocycles. The molecule has 0 saturated heterocycles. The van der Waals surface area contributed by atoms with Gasteiger partial charge in [-0.25, -0.2) is 9.37 Å². The van der Waals surface area contributed by atoms with Crippen molar-refractivity contribution in [2.75, 3.05) is 13.6 Å².